The number of nitrogens with zero attached hydrogens (tertiary/aromatic N) is 1. The van der Waals surface area contributed by atoms with Crippen LogP contribution >= 0.6 is 0 Å². The fourth-order valence-electron chi connectivity index (χ4n) is 4.00. The van der Waals surface area contributed by atoms with E-state index in [2.05, 4.69) is 15.6 Å². The van der Waals surface area contributed by atoms with Crippen LogP contribution in [0.5, 0.6) is 0 Å². The standard InChI is InChI=1S/C33H23N3O4/c37-30(22-8-3-1-4-9-22)24-14-18-26(19-15-24)34-32(39)28-12-7-13-29(36-28)33(40)35-27-20-16-25(17-21-27)31(38)23-10-5-2-6-11-23/h1-21H,(H,34,39)(H,35,40). The molecule has 0 atom stereocenters. The first-order valence-corrected chi connectivity index (χ1v) is 12.5. The van der Waals surface area contributed by atoms with Crippen LogP contribution in [0.15, 0.2) is 127 Å². The fourth-order valence-corrected chi connectivity index (χ4v) is 4.00. The number of carbonyl (C=O) groups excluding carboxylic acids is 4. The largest absolute Gasteiger partial charge is 0.321 e. The highest BCUT2D eigenvalue weighted by atomic mass is 16.2. The Labute approximate surface area is 230 Å². The smallest absolute Gasteiger partial charge is 0.274 e. The summed E-state index contributed by atoms with van der Waals surface area (Å²) in [7, 11) is 0. The molecule has 1 aromatic heterocycles. The third-order valence-corrected chi connectivity index (χ3v) is 6.10. The summed E-state index contributed by atoms with van der Waals surface area (Å²) in [5.41, 5.74) is 3.23. The number of aromatic nitrogens is 1. The molecule has 0 aliphatic heterocycles. The van der Waals surface area contributed by atoms with Crippen molar-refractivity contribution in [2.24, 2.45) is 0 Å². The van der Waals surface area contributed by atoms with E-state index in [0.29, 0.717) is 33.6 Å². The molecule has 7 heteroatoms. The van der Waals surface area contributed by atoms with Crippen LogP contribution in [-0.4, -0.2) is 28.4 Å². The van der Waals surface area contributed by atoms with Gasteiger partial charge in [-0.3, -0.25) is 19.2 Å². The molecule has 0 saturated carbocycles. The number of benzene rings is 4. The summed E-state index contributed by atoms with van der Waals surface area (Å²) in [6, 6.07) is 35.5. The van der Waals surface area contributed by atoms with E-state index in [1.54, 1.807) is 103 Å². The zero-order chi connectivity index (χ0) is 27.9. The summed E-state index contributed by atoms with van der Waals surface area (Å²) >= 11 is 0. The van der Waals surface area contributed by atoms with Crippen molar-refractivity contribution in [3.63, 3.8) is 0 Å². The molecule has 0 aliphatic rings. The Bertz CT molecular complexity index is 1560. The van der Waals surface area contributed by atoms with Crippen LogP contribution < -0.4 is 10.6 Å². The number of hydrogen-bond donors (Lipinski definition) is 2. The zero-order valence-electron chi connectivity index (χ0n) is 21.2. The summed E-state index contributed by atoms with van der Waals surface area (Å²) in [5.74, 6) is -1.23. The average molecular weight is 526 g/mol. The number of nitrogens with one attached hydrogen (secondary N) is 2. The maximum absolute atomic E-state index is 12.8. The lowest BCUT2D eigenvalue weighted by Gasteiger charge is -2.09. The predicted octanol–water partition coefficient (Wildman–Crippen LogP) is 6.05. The minimum Gasteiger partial charge on any atom is -0.321 e. The molecule has 4 aromatic carbocycles. The molecule has 7 nitrogen and oxygen atoms in total. The first kappa shape index (κ1) is 25.9. The van der Waals surface area contributed by atoms with Crippen molar-refractivity contribution in [1.29, 1.82) is 0 Å². The summed E-state index contributed by atoms with van der Waals surface area (Å²) < 4.78 is 0. The Morgan fingerprint density at radius 2 is 0.750 bits per heavy atom. The van der Waals surface area contributed by atoms with Crippen molar-refractivity contribution in [3.8, 4) is 0 Å². The van der Waals surface area contributed by atoms with Crippen molar-refractivity contribution in [2.75, 3.05) is 10.6 Å². The van der Waals surface area contributed by atoms with Gasteiger partial charge in [0.15, 0.2) is 11.6 Å². The lowest BCUT2D eigenvalue weighted by molar-refractivity contribution is 0.101. The first-order valence-electron chi connectivity index (χ1n) is 12.5. The van der Waals surface area contributed by atoms with Gasteiger partial charge >= 0.3 is 0 Å². The van der Waals surface area contributed by atoms with Gasteiger partial charge in [-0.25, -0.2) is 4.98 Å². The highest BCUT2D eigenvalue weighted by Gasteiger charge is 2.15. The van der Waals surface area contributed by atoms with Crippen LogP contribution in [0.3, 0.4) is 0 Å². The normalized spacial score (nSPS) is 10.4. The van der Waals surface area contributed by atoms with E-state index in [1.807, 2.05) is 12.1 Å². The molecule has 0 bridgehead atoms. The van der Waals surface area contributed by atoms with Gasteiger partial charge in [0.2, 0.25) is 0 Å². The molecule has 194 valence electrons. The molecule has 5 rings (SSSR count). The van der Waals surface area contributed by atoms with E-state index >= 15 is 0 Å². The van der Waals surface area contributed by atoms with Crippen LogP contribution in [0.1, 0.15) is 52.8 Å². The SMILES string of the molecule is O=C(c1ccccc1)c1ccc(NC(=O)c2cccc(C(=O)Nc3ccc(C(=O)c4ccccc4)cc3)n2)cc1. The molecule has 0 fully saturated rings. The lowest BCUT2D eigenvalue weighted by Crippen LogP contribution is -2.18. The Kier molecular flexibility index (Phi) is 7.64. The van der Waals surface area contributed by atoms with Gasteiger partial charge in [-0.05, 0) is 60.7 Å². The predicted molar refractivity (Wildman–Crippen MR) is 153 cm³/mol. The molecule has 0 saturated heterocycles. The van der Waals surface area contributed by atoms with E-state index in [1.165, 1.54) is 12.1 Å². The van der Waals surface area contributed by atoms with Gasteiger partial charge in [0.1, 0.15) is 11.4 Å². The van der Waals surface area contributed by atoms with Crippen LogP contribution in [0, 0.1) is 0 Å². The van der Waals surface area contributed by atoms with Gasteiger partial charge in [0.25, 0.3) is 11.8 Å². The molecule has 0 radical (unpaired) electrons. The maximum Gasteiger partial charge on any atom is 0.274 e. The molecule has 0 unspecified atom stereocenters. The van der Waals surface area contributed by atoms with Gasteiger partial charge in [-0.15, -0.1) is 0 Å². The molecule has 5 aromatic rings. The van der Waals surface area contributed by atoms with Crippen molar-refractivity contribution in [1.82, 2.24) is 4.98 Å². The molecular formula is C33H23N3O4. The van der Waals surface area contributed by atoms with Crippen LogP contribution in [0.2, 0.25) is 0 Å². The molecular weight excluding hydrogens is 502 g/mol. The first-order chi connectivity index (χ1) is 19.5. The number of anilines is 2. The number of ketones is 2. The molecule has 2 N–H and O–H groups in total. The van der Waals surface area contributed by atoms with Gasteiger partial charge in [0, 0.05) is 33.6 Å². The fraction of sp³-hybridized carbons (Fsp3) is 0. The Morgan fingerprint density at radius 1 is 0.400 bits per heavy atom. The number of carbonyl (C=O) groups is 4. The highest BCUT2D eigenvalue weighted by Crippen LogP contribution is 2.17. The van der Waals surface area contributed by atoms with Crippen LogP contribution in [0.4, 0.5) is 11.4 Å². The third kappa shape index (κ3) is 6.06. The Morgan fingerprint density at radius 3 is 1.12 bits per heavy atom. The number of hydrogen-bond acceptors (Lipinski definition) is 5. The summed E-state index contributed by atoms with van der Waals surface area (Å²) in [4.78, 5) is 55.0. The molecule has 2 amide bonds. The van der Waals surface area contributed by atoms with Gasteiger partial charge in [-0.1, -0.05) is 66.7 Å². The summed E-state index contributed by atoms with van der Waals surface area (Å²) in [6.07, 6.45) is 0. The summed E-state index contributed by atoms with van der Waals surface area (Å²) in [5, 5.41) is 5.47. The number of pyridine rings is 1. The Balaban J connectivity index is 1.21. The van der Waals surface area contributed by atoms with Crippen LogP contribution in [-0.2, 0) is 0 Å². The highest BCUT2D eigenvalue weighted by molar-refractivity contribution is 6.10. The van der Waals surface area contributed by atoms with Crippen molar-refractivity contribution < 1.29 is 19.2 Å². The quantitative estimate of drug-likeness (QED) is 0.240. The van der Waals surface area contributed by atoms with Gasteiger partial charge in [-0.2, -0.15) is 0 Å². The van der Waals surface area contributed by atoms with E-state index in [-0.39, 0.29) is 23.0 Å². The molecule has 0 spiro atoms. The number of amides is 2. The maximum atomic E-state index is 12.8. The van der Waals surface area contributed by atoms with Gasteiger partial charge < -0.3 is 10.6 Å². The zero-order valence-corrected chi connectivity index (χ0v) is 21.2. The monoisotopic (exact) mass is 525 g/mol. The molecule has 40 heavy (non-hydrogen) atoms. The minimum atomic E-state index is -0.499. The average Bonchev–Trinajstić information content (AvgIpc) is 3.02. The minimum absolute atomic E-state index is 0.0564. The van der Waals surface area contributed by atoms with Crippen molar-refractivity contribution in [2.45, 2.75) is 0 Å². The second-order valence-electron chi connectivity index (χ2n) is 8.86. The third-order valence-electron chi connectivity index (χ3n) is 6.10. The van der Waals surface area contributed by atoms with E-state index in [4.69, 9.17) is 0 Å². The summed E-state index contributed by atoms with van der Waals surface area (Å²) in [6.45, 7) is 0. The van der Waals surface area contributed by atoms with Crippen LogP contribution in [0.25, 0.3) is 0 Å². The van der Waals surface area contributed by atoms with E-state index in [0.717, 1.165) is 0 Å². The van der Waals surface area contributed by atoms with E-state index in [9.17, 15) is 19.2 Å². The molecule has 1 heterocycles. The van der Waals surface area contributed by atoms with Gasteiger partial charge in [0.05, 0.1) is 0 Å². The number of rotatable bonds is 8. The van der Waals surface area contributed by atoms with Crippen molar-refractivity contribution >= 4 is 34.8 Å². The van der Waals surface area contributed by atoms with Crippen molar-refractivity contribution in [3.05, 3.63) is 161 Å². The van der Waals surface area contributed by atoms with E-state index < -0.39 is 11.8 Å². The molecule has 0 aliphatic carbocycles. The Hall–Kier alpha value is -5.69. The second-order valence-corrected chi connectivity index (χ2v) is 8.86. The second kappa shape index (κ2) is 11.8. The lowest BCUT2D eigenvalue weighted by atomic mass is 10.0. The topological polar surface area (TPSA) is 105 Å².